The zero-order valence-electron chi connectivity index (χ0n) is 7.94. The van der Waals surface area contributed by atoms with Gasteiger partial charge in [0, 0.05) is 12.6 Å². The van der Waals surface area contributed by atoms with Gasteiger partial charge in [-0.05, 0) is 45.6 Å². The molecule has 12 heavy (non-hydrogen) atoms. The SMILES string of the molecule is CNC1CCC2(CCCO2)CC1. The smallest absolute Gasteiger partial charge is 0.0684 e. The molecule has 0 aromatic heterocycles. The summed E-state index contributed by atoms with van der Waals surface area (Å²) in [6.07, 6.45) is 7.75. The molecule has 0 unspecified atom stereocenters. The third-order valence-corrected chi connectivity index (χ3v) is 3.49. The summed E-state index contributed by atoms with van der Waals surface area (Å²) in [6.45, 7) is 1.00. The summed E-state index contributed by atoms with van der Waals surface area (Å²) in [5.41, 5.74) is 0.313. The van der Waals surface area contributed by atoms with Crippen molar-refractivity contribution < 1.29 is 4.74 Å². The van der Waals surface area contributed by atoms with Gasteiger partial charge in [0.25, 0.3) is 0 Å². The lowest BCUT2D eigenvalue weighted by molar-refractivity contribution is -0.0295. The van der Waals surface area contributed by atoms with Crippen LogP contribution in [0, 0.1) is 0 Å². The van der Waals surface area contributed by atoms with Gasteiger partial charge >= 0.3 is 0 Å². The van der Waals surface area contributed by atoms with Gasteiger partial charge < -0.3 is 10.1 Å². The fourth-order valence-corrected chi connectivity index (χ4v) is 2.58. The fourth-order valence-electron chi connectivity index (χ4n) is 2.58. The van der Waals surface area contributed by atoms with Crippen molar-refractivity contribution in [3.63, 3.8) is 0 Å². The molecule has 2 fully saturated rings. The minimum Gasteiger partial charge on any atom is -0.375 e. The Labute approximate surface area is 74.7 Å². The number of nitrogens with one attached hydrogen (secondary N) is 1. The van der Waals surface area contributed by atoms with Crippen LogP contribution in [-0.2, 0) is 4.74 Å². The number of rotatable bonds is 1. The van der Waals surface area contributed by atoms with Gasteiger partial charge in [0.2, 0.25) is 0 Å². The van der Waals surface area contributed by atoms with Gasteiger partial charge in [0.15, 0.2) is 0 Å². The van der Waals surface area contributed by atoms with Crippen LogP contribution >= 0.6 is 0 Å². The Morgan fingerprint density at radius 2 is 2.00 bits per heavy atom. The first kappa shape index (κ1) is 8.52. The van der Waals surface area contributed by atoms with Crippen molar-refractivity contribution in [2.45, 2.75) is 50.2 Å². The Balaban J connectivity index is 1.88. The van der Waals surface area contributed by atoms with E-state index in [0.717, 1.165) is 12.6 Å². The Bertz CT molecular complexity index is 142. The monoisotopic (exact) mass is 169 g/mol. The van der Waals surface area contributed by atoms with Crippen molar-refractivity contribution >= 4 is 0 Å². The largest absolute Gasteiger partial charge is 0.375 e. The minimum absolute atomic E-state index is 0.313. The Hall–Kier alpha value is -0.0800. The summed E-state index contributed by atoms with van der Waals surface area (Å²) >= 11 is 0. The van der Waals surface area contributed by atoms with Crippen molar-refractivity contribution in [3.8, 4) is 0 Å². The van der Waals surface area contributed by atoms with Gasteiger partial charge in [-0.3, -0.25) is 0 Å². The maximum absolute atomic E-state index is 5.85. The average molecular weight is 169 g/mol. The van der Waals surface area contributed by atoms with Crippen LogP contribution in [0.5, 0.6) is 0 Å². The standard InChI is InChI=1S/C10H19NO/c1-11-9-3-6-10(7-4-9)5-2-8-12-10/h9,11H,2-8H2,1H3. The van der Waals surface area contributed by atoms with Gasteiger partial charge in [-0.1, -0.05) is 0 Å². The molecule has 0 aromatic rings. The Morgan fingerprint density at radius 3 is 2.50 bits per heavy atom. The molecule has 1 heterocycles. The van der Waals surface area contributed by atoms with Crippen LogP contribution in [0.3, 0.4) is 0 Å². The molecule has 70 valence electrons. The van der Waals surface area contributed by atoms with Crippen LogP contribution in [0.25, 0.3) is 0 Å². The molecular formula is C10H19NO. The number of hydrogen-bond donors (Lipinski definition) is 1. The van der Waals surface area contributed by atoms with Crippen LogP contribution in [0.15, 0.2) is 0 Å². The molecule has 1 N–H and O–H groups in total. The van der Waals surface area contributed by atoms with E-state index in [1.165, 1.54) is 38.5 Å². The maximum Gasteiger partial charge on any atom is 0.0684 e. The fraction of sp³-hybridized carbons (Fsp3) is 1.00. The molecule has 1 saturated heterocycles. The quantitative estimate of drug-likeness (QED) is 0.645. The summed E-state index contributed by atoms with van der Waals surface area (Å²) < 4.78 is 5.85. The van der Waals surface area contributed by atoms with Gasteiger partial charge in [0.1, 0.15) is 0 Å². The van der Waals surface area contributed by atoms with Gasteiger partial charge in [0.05, 0.1) is 5.60 Å². The molecule has 0 atom stereocenters. The van der Waals surface area contributed by atoms with E-state index in [0.29, 0.717) is 5.60 Å². The first-order valence-corrected chi connectivity index (χ1v) is 5.16. The van der Waals surface area contributed by atoms with E-state index in [4.69, 9.17) is 4.74 Å². The number of ether oxygens (including phenoxy) is 1. The zero-order valence-corrected chi connectivity index (χ0v) is 7.94. The predicted molar refractivity (Wildman–Crippen MR) is 49.2 cm³/mol. The molecule has 1 aliphatic heterocycles. The summed E-state index contributed by atoms with van der Waals surface area (Å²) in [7, 11) is 2.07. The lowest BCUT2D eigenvalue weighted by atomic mass is 9.80. The lowest BCUT2D eigenvalue weighted by Gasteiger charge is -2.36. The second-order valence-corrected chi connectivity index (χ2v) is 4.20. The van der Waals surface area contributed by atoms with Crippen LogP contribution in [0.2, 0.25) is 0 Å². The molecule has 0 bridgehead atoms. The van der Waals surface area contributed by atoms with E-state index in [1.807, 2.05) is 0 Å². The average Bonchev–Trinajstić information content (AvgIpc) is 2.55. The highest BCUT2D eigenvalue weighted by Gasteiger charge is 2.38. The third kappa shape index (κ3) is 1.50. The summed E-state index contributed by atoms with van der Waals surface area (Å²) in [4.78, 5) is 0. The van der Waals surface area contributed by atoms with Crippen molar-refractivity contribution in [2.75, 3.05) is 13.7 Å². The molecule has 2 heteroatoms. The molecule has 0 radical (unpaired) electrons. The Morgan fingerprint density at radius 1 is 1.25 bits per heavy atom. The molecule has 2 aliphatic rings. The topological polar surface area (TPSA) is 21.3 Å². The van der Waals surface area contributed by atoms with Crippen LogP contribution in [-0.4, -0.2) is 25.3 Å². The first-order valence-electron chi connectivity index (χ1n) is 5.16. The number of hydrogen-bond acceptors (Lipinski definition) is 2. The van der Waals surface area contributed by atoms with Gasteiger partial charge in [-0.2, -0.15) is 0 Å². The second kappa shape index (κ2) is 3.35. The highest BCUT2D eigenvalue weighted by Crippen LogP contribution is 2.39. The van der Waals surface area contributed by atoms with E-state index in [-0.39, 0.29) is 0 Å². The molecule has 1 saturated carbocycles. The molecular weight excluding hydrogens is 150 g/mol. The van der Waals surface area contributed by atoms with Crippen LogP contribution in [0.1, 0.15) is 38.5 Å². The normalized spacial score (nSPS) is 42.2. The van der Waals surface area contributed by atoms with Crippen molar-refractivity contribution in [3.05, 3.63) is 0 Å². The second-order valence-electron chi connectivity index (χ2n) is 4.20. The Kier molecular flexibility index (Phi) is 2.37. The van der Waals surface area contributed by atoms with Crippen molar-refractivity contribution in [2.24, 2.45) is 0 Å². The van der Waals surface area contributed by atoms with E-state index in [2.05, 4.69) is 12.4 Å². The molecule has 0 aromatic carbocycles. The van der Waals surface area contributed by atoms with Gasteiger partial charge in [-0.25, -0.2) is 0 Å². The van der Waals surface area contributed by atoms with Crippen molar-refractivity contribution in [1.29, 1.82) is 0 Å². The van der Waals surface area contributed by atoms with E-state index >= 15 is 0 Å². The molecule has 2 rings (SSSR count). The van der Waals surface area contributed by atoms with Crippen LogP contribution in [0.4, 0.5) is 0 Å². The highest BCUT2D eigenvalue weighted by molar-refractivity contribution is 4.91. The lowest BCUT2D eigenvalue weighted by Crippen LogP contribution is -2.39. The third-order valence-electron chi connectivity index (χ3n) is 3.49. The molecule has 0 amide bonds. The minimum atomic E-state index is 0.313. The maximum atomic E-state index is 5.85. The van der Waals surface area contributed by atoms with Crippen LogP contribution < -0.4 is 5.32 Å². The first-order chi connectivity index (χ1) is 5.85. The molecule has 1 spiro atoms. The molecule has 2 nitrogen and oxygen atoms in total. The highest BCUT2D eigenvalue weighted by atomic mass is 16.5. The van der Waals surface area contributed by atoms with Crippen molar-refractivity contribution in [1.82, 2.24) is 5.32 Å². The van der Waals surface area contributed by atoms with Gasteiger partial charge in [-0.15, -0.1) is 0 Å². The summed E-state index contributed by atoms with van der Waals surface area (Å²) in [6, 6.07) is 0.750. The summed E-state index contributed by atoms with van der Waals surface area (Å²) in [5, 5.41) is 3.35. The molecule has 1 aliphatic carbocycles. The van der Waals surface area contributed by atoms with E-state index < -0.39 is 0 Å². The predicted octanol–water partition coefficient (Wildman–Crippen LogP) is 1.70. The van der Waals surface area contributed by atoms with E-state index in [1.54, 1.807) is 0 Å². The zero-order chi connectivity index (χ0) is 8.44. The summed E-state index contributed by atoms with van der Waals surface area (Å²) in [5.74, 6) is 0. The van der Waals surface area contributed by atoms with E-state index in [9.17, 15) is 0 Å².